The number of halogens is 4. The molecule has 2 atom stereocenters. The van der Waals surface area contributed by atoms with Gasteiger partial charge in [-0.05, 0) is 72.9 Å². The lowest BCUT2D eigenvalue weighted by molar-refractivity contribution is 0.358. The standard InChI is InChI=1S/C22H20Cl4N2O2S2/c23-15-2-5-17(6-3-15)28-13-14(12-27-32(29,30)22-10-9-21(26)31-22)1-8-20(28)18-7-4-16(24)11-19(18)25/h2-7,9-11,14,20,27H,1,8,12-13H2. The Hall–Kier alpha value is -0.990. The molecule has 1 aliphatic heterocycles. The van der Waals surface area contributed by atoms with Crippen LogP contribution in [0.25, 0.3) is 0 Å². The summed E-state index contributed by atoms with van der Waals surface area (Å²) in [5, 5.41) is 1.87. The average molecular weight is 550 g/mol. The Balaban J connectivity index is 1.55. The van der Waals surface area contributed by atoms with E-state index >= 15 is 0 Å². The van der Waals surface area contributed by atoms with Crippen molar-refractivity contribution >= 4 is 73.5 Å². The Morgan fingerprint density at radius 1 is 0.938 bits per heavy atom. The van der Waals surface area contributed by atoms with E-state index in [0.29, 0.717) is 32.5 Å². The molecule has 4 nitrogen and oxygen atoms in total. The number of hydrogen-bond acceptors (Lipinski definition) is 4. The molecule has 2 aromatic carbocycles. The maximum absolute atomic E-state index is 12.6. The number of benzene rings is 2. The molecule has 4 rings (SSSR count). The van der Waals surface area contributed by atoms with Crippen LogP contribution in [0.2, 0.25) is 19.4 Å². The van der Waals surface area contributed by atoms with Gasteiger partial charge in [-0.2, -0.15) is 0 Å². The summed E-state index contributed by atoms with van der Waals surface area (Å²) >= 11 is 25.7. The number of sulfonamides is 1. The molecule has 0 saturated carbocycles. The smallest absolute Gasteiger partial charge is 0.250 e. The molecule has 1 N–H and O–H groups in total. The fourth-order valence-corrected chi connectivity index (χ4v) is 7.27. The van der Waals surface area contributed by atoms with Crippen molar-refractivity contribution in [1.29, 1.82) is 0 Å². The molecule has 0 amide bonds. The minimum Gasteiger partial charge on any atom is -0.364 e. The van der Waals surface area contributed by atoms with Crippen LogP contribution in [-0.4, -0.2) is 21.5 Å². The van der Waals surface area contributed by atoms with Gasteiger partial charge in [0.1, 0.15) is 4.21 Å². The molecule has 3 aromatic rings. The van der Waals surface area contributed by atoms with Crippen molar-refractivity contribution in [2.75, 3.05) is 18.0 Å². The van der Waals surface area contributed by atoms with E-state index in [1.807, 2.05) is 36.4 Å². The number of piperidine rings is 1. The zero-order chi connectivity index (χ0) is 22.9. The molecule has 0 bridgehead atoms. The lowest BCUT2D eigenvalue weighted by atomic mass is 9.88. The van der Waals surface area contributed by atoms with Gasteiger partial charge < -0.3 is 4.90 Å². The van der Waals surface area contributed by atoms with Crippen molar-refractivity contribution in [2.45, 2.75) is 23.1 Å². The number of nitrogens with zero attached hydrogens (tertiary/aromatic N) is 1. The molecule has 2 unspecified atom stereocenters. The molecule has 0 aliphatic carbocycles. The third kappa shape index (κ3) is 5.55. The first kappa shape index (κ1) is 24.1. The molecule has 0 radical (unpaired) electrons. The van der Waals surface area contributed by atoms with Gasteiger partial charge >= 0.3 is 0 Å². The lowest BCUT2D eigenvalue weighted by Gasteiger charge is -2.42. The van der Waals surface area contributed by atoms with E-state index in [2.05, 4.69) is 9.62 Å². The molecular formula is C22H20Cl4N2O2S2. The fourth-order valence-electron chi connectivity index (χ4n) is 3.97. The number of anilines is 1. The van der Waals surface area contributed by atoms with Gasteiger partial charge in [0.05, 0.1) is 10.4 Å². The number of rotatable bonds is 6. The zero-order valence-electron chi connectivity index (χ0n) is 16.8. The van der Waals surface area contributed by atoms with E-state index in [1.165, 1.54) is 6.07 Å². The summed E-state index contributed by atoms with van der Waals surface area (Å²) < 4.78 is 28.7. The van der Waals surface area contributed by atoms with Crippen molar-refractivity contribution in [3.63, 3.8) is 0 Å². The number of thiophene rings is 1. The third-order valence-corrected chi connectivity index (χ3v) is 9.50. The van der Waals surface area contributed by atoms with Crippen molar-refractivity contribution in [3.05, 3.63) is 79.6 Å². The van der Waals surface area contributed by atoms with Gasteiger partial charge in [0, 0.05) is 33.8 Å². The fraction of sp³-hybridized carbons (Fsp3) is 0.273. The van der Waals surface area contributed by atoms with Crippen molar-refractivity contribution in [1.82, 2.24) is 4.72 Å². The minimum absolute atomic E-state index is 0.0462. The molecule has 1 aliphatic rings. The van der Waals surface area contributed by atoms with Crippen LogP contribution in [0.15, 0.2) is 58.8 Å². The van der Waals surface area contributed by atoms with Gasteiger partial charge in [-0.25, -0.2) is 13.1 Å². The number of hydrogen-bond donors (Lipinski definition) is 1. The summed E-state index contributed by atoms with van der Waals surface area (Å²) in [5.74, 6) is 0.123. The highest BCUT2D eigenvalue weighted by Gasteiger charge is 2.32. The van der Waals surface area contributed by atoms with Crippen molar-refractivity contribution in [3.8, 4) is 0 Å². The highest BCUT2D eigenvalue weighted by Crippen LogP contribution is 2.40. The molecule has 1 saturated heterocycles. The van der Waals surface area contributed by atoms with E-state index in [9.17, 15) is 8.42 Å². The van der Waals surface area contributed by atoms with E-state index in [-0.39, 0.29) is 16.2 Å². The summed E-state index contributed by atoms with van der Waals surface area (Å²) in [6.45, 7) is 1.00. The predicted molar refractivity (Wildman–Crippen MR) is 135 cm³/mol. The van der Waals surface area contributed by atoms with Gasteiger partial charge in [-0.15, -0.1) is 11.3 Å². The maximum Gasteiger partial charge on any atom is 0.250 e. The summed E-state index contributed by atoms with van der Waals surface area (Å²) in [6.07, 6.45) is 1.67. The van der Waals surface area contributed by atoms with Crippen LogP contribution in [-0.2, 0) is 10.0 Å². The van der Waals surface area contributed by atoms with Crippen LogP contribution in [0.4, 0.5) is 5.69 Å². The second kappa shape index (κ2) is 10.1. The second-order valence-corrected chi connectivity index (χ2v) is 12.7. The number of nitrogens with one attached hydrogen (secondary N) is 1. The quantitative estimate of drug-likeness (QED) is 0.351. The van der Waals surface area contributed by atoms with Crippen molar-refractivity contribution in [2.24, 2.45) is 5.92 Å². The van der Waals surface area contributed by atoms with Crippen LogP contribution >= 0.6 is 57.7 Å². The van der Waals surface area contributed by atoms with Gasteiger partial charge in [0.2, 0.25) is 10.0 Å². The Labute approximate surface area is 212 Å². The van der Waals surface area contributed by atoms with E-state index in [4.69, 9.17) is 46.4 Å². The molecule has 1 fully saturated rings. The Kier molecular flexibility index (Phi) is 7.62. The molecule has 170 valence electrons. The predicted octanol–water partition coefficient (Wildman–Crippen LogP) is 7.30. The molecule has 1 aromatic heterocycles. The monoisotopic (exact) mass is 548 g/mol. The third-order valence-electron chi connectivity index (χ3n) is 5.53. The highest BCUT2D eigenvalue weighted by molar-refractivity contribution is 7.91. The first-order valence-corrected chi connectivity index (χ1v) is 13.8. The molecule has 0 spiro atoms. The first-order chi connectivity index (χ1) is 15.2. The Morgan fingerprint density at radius 3 is 2.31 bits per heavy atom. The molecule has 32 heavy (non-hydrogen) atoms. The summed E-state index contributed by atoms with van der Waals surface area (Å²) in [6, 6.07) is 16.4. The van der Waals surface area contributed by atoms with Gasteiger partial charge in [-0.1, -0.05) is 52.5 Å². The SMILES string of the molecule is O=S(=O)(NCC1CCC(c2ccc(Cl)cc2Cl)N(c2ccc(Cl)cc2)C1)c1ccc(Cl)s1. The van der Waals surface area contributed by atoms with Gasteiger partial charge in [0.25, 0.3) is 0 Å². The van der Waals surface area contributed by atoms with Crippen LogP contribution in [0, 0.1) is 5.92 Å². The second-order valence-electron chi connectivity index (χ2n) is 7.66. The normalized spacial score (nSPS) is 19.3. The maximum atomic E-state index is 12.6. The van der Waals surface area contributed by atoms with Crippen LogP contribution in [0.3, 0.4) is 0 Å². The summed E-state index contributed by atoms with van der Waals surface area (Å²) in [7, 11) is -3.59. The van der Waals surface area contributed by atoms with E-state index in [0.717, 1.165) is 35.4 Å². The molecular weight excluding hydrogens is 530 g/mol. The Morgan fingerprint density at radius 2 is 1.66 bits per heavy atom. The molecule has 10 heteroatoms. The highest BCUT2D eigenvalue weighted by atomic mass is 35.5. The summed E-state index contributed by atoms with van der Waals surface area (Å²) in [5.41, 5.74) is 2.00. The van der Waals surface area contributed by atoms with Crippen LogP contribution in [0.1, 0.15) is 24.4 Å². The topological polar surface area (TPSA) is 49.4 Å². The van der Waals surface area contributed by atoms with Crippen LogP contribution < -0.4 is 9.62 Å². The first-order valence-electron chi connectivity index (χ1n) is 9.95. The largest absolute Gasteiger partial charge is 0.364 e. The van der Waals surface area contributed by atoms with Gasteiger partial charge in [-0.3, -0.25) is 0 Å². The lowest BCUT2D eigenvalue weighted by Crippen LogP contribution is -2.42. The Bertz CT molecular complexity index is 1200. The van der Waals surface area contributed by atoms with Crippen LogP contribution in [0.5, 0.6) is 0 Å². The zero-order valence-corrected chi connectivity index (χ0v) is 21.4. The van der Waals surface area contributed by atoms with E-state index < -0.39 is 10.0 Å². The minimum atomic E-state index is -3.59. The van der Waals surface area contributed by atoms with E-state index in [1.54, 1.807) is 12.1 Å². The van der Waals surface area contributed by atoms with Crippen molar-refractivity contribution < 1.29 is 8.42 Å². The summed E-state index contributed by atoms with van der Waals surface area (Å²) in [4.78, 5) is 2.26. The molecule has 2 heterocycles. The van der Waals surface area contributed by atoms with Gasteiger partial charge in [0.15, 0.2) is 0 Å². The average Bonchev–Trinajstić information content (AvgIpc) is 3.20.